The van der Waals surface area contributed by atoms with E-state index in [1.165, 1.54) is 18.2 Å². The van der Waals surface area contributed by atoms with E-state index in [4.69, 9.17) is 16.3 Å². The smallest absolute Gasteiger partial charge is 0.124 e. The van der Waals surface area contributed by atoms with Crippen LogP contribution in [0.4, 0.5) is 4.39 Å². The lowest BCUT2D eigenvalue weighted by Crippen LogP contribution is -2.12. The Kier molecular flexibility index (Phi) is 4.51. The zero-order valence-electron chi connectivity index (χ0n) is 8.71. The van der Waals surface area contributed by atoms with E-state index in [1.54, 1.807) is 0 Å². The number of ether oxygens (including phenoxy) is 1. The summed E-state index contributed by atoms with van der Waals surface area (Å²) >= 11 is 5.78. The lowest BCUT2D eigenvalue weighted by Gasteiger charge is -2.14. The Labute approximate surface area is 93.6 Å². The molecule has 0 saturated heterocycles. The van der Waals surface area contributed by atoms with Crippen LogP contribution in [-0.2, 0) is 4.74 Å². The van der Waals surface area contributed by atoms with E-state index in [2.05, 4.69) is 0 Å². The Balaban J connectivity index is 2.69. The third-order valence-corrected chi connectivity index (χ3v) is 2.24. The summed E-state index contributed by atoms with van der Waals surface area (Å²) in [7, 11) is 0. The summed E-state index contributed by atoms with van der Waals surface area (Å²) in [5, 5.41) is 9.93. The highest BCUT2D eigenvalue weighted by Crippen LogP contribution is 2.24. The zero-order valence-corrected chi connectivity index (χ0v) is 9.46. The molecule has 0 aliphatic carbocycles. The average molecular weight is 233 g/mol. The van der Waals surface area contributed by atoms with Gasteiger partial charge in [0, 0.05) is 10.6 Å². The van der Waals surface area contributed by atoms with Crippen LogP contribution in [0.2, 0.25) is 5.02 Å². The second kappa shape index (κ2) is 5.45. The molecule has 15 heavy (non-hydrogen) atoms. The van der Waals surface area contributed by atoms with Gasteiger partial charge in [-0.3, -0.25) is 0 Å². The fraction of sp³-hybridized carbons (Fsp3) is 0.455. The molecule has 2 nitrogen and oxygen atoms in total. The van der Waals surface area contributed by atoms with Gasteiger partial charge in [0.2, 0.25) is 0 Å². The van der Waals surface area contributed by atoms with Crippen molar-refractivity contribution in [1.82, 2.24) is 0 Å². The number of aliphatic hydroxyl groups excluding tert-OH is 1. The second-order valence-electron chi connectivity index (χ2n) is 3.56. The highest BCUT2D eigenvalue weighted by molar-refractivity contribution is 6.31. The highest BCUT2D eigenvalue weighted by Gasteiger charge is 2.12. The first-order chi connectivity index (χ1) is 7.00. The predicted molar refractivity (Wildman–Crippen MR) is 57.5 cm³/mol. The summed E-state index contributed by atoms with van der Waals surface area (Å²) in [6.45, 7) is 3.90. The van der Waals surface area contributed by atoms with Gasteiger partial charge in [-0.25, -0.2) is 4.39 Å². The minimum Gasteiger partial charge on any atom is -0.386 e. The van der Waals surface area contributed by atoms with Gasteiger partial charge >= 0.3 is 0 Å². The third-order valence-electron chi connectivity index (χ3n) is 1.91. The molecule has 0 radical (unpaired) electrons. The quantitative estimate of drug-likeness (QED) is 0.865. The Bertz CT molecular complexity index is 328. The first-order valence-electron chi connectivity index (χ1n) is 4.75. The number of rotatable bonds is 4. The molecular formula is C11H14ClFO2. The van der Waals surface area contributed by atoms with Crippen molar-refractivity contribution < 1.29 is 14.2 Å². The largest absolute Gasteiger partial charge is 0.386 e. The first kappa shape index (κ1) is 12.4. The van der Waals surface area contributed by atoms with Crippen LogP contribution < -0.4 is 0 Å². The molecule has 0 aliphatic rings. The molecule has 4 heteroatoms. The summed E-state index contributed by atoms with van der Waals surface area (Å²) in [5.41, 5.74) is 0.485. The lowest BCUT2D eigenvalue weighted by molar-refractivity contribution is 0.00494. The van der Waals surface area contributed by atoms with Crippen LogP contribution in [0.3, 0.4) is 0 Å². The number of benzene rings is 1. The van der Waals surface area contributed by atoms with Gasteiger partial charge in [-0.15, -0.1) is 0 Å². The van der Waals surface area contributed by atoms with E-state index in [0.29, 0.717) is 5.56 Å². The van der Waals surface area contributed by atoms with Crippen LogP contribution in [0.25, 0.3) is 0 Å². The maximum Gasteiger partial charge on any atom is 0.124 e. The number of hydrogen-bond acceptors (Lipinski definition) is 2. The molecule has 1 aromatic rings. The minimum absolute atomic E-state index is 0.0406. The Morgan fingerprint density at radius 2 is 2.13 bits per heavy atom. The molecule has 0 amide bonds. The molecule has 1 unspecified atom stereocenters. The number of aliphatic hydroxyl groups is 1. The van der Waals surface area contributed by atoms with E-state index >= 15 is 0 Å². The fourth-order valence-electron chi connectivity index (χ4n) is 1.15. The first-order valence-corrected chi connectivity index (χ1v) is 5.13. The van der Waals surface area contributed by atoms with E-state index in [0.717, 1.165) is 0 Å². The van der Waals surface area contributed by atoms with Gasteiger partial charge in [0.25, 0.3) is 0 Å². The summed E-state index contributed by atoms with van der Waals surface area (Å²) < 4.78 is 18.0. The highest BCUT2D eigenvalue weighted by atomic mass is 35.5. The van der Waals surface area contributed by atoms with E-state index < -0.39 is 11.9 Å². The van der Waals surface area contributed by atoms with Crippen molar-refractivity contribution >= 4 is 11.6 Å². The molecule has 1 N–H and O–H groups in total. The zero-order chi connectivity index (χ0) is 11.4. The van der Waals surface area contributed by atoms with E-state index in [1.807, 2.05) is 13.8 Å². The van der Waals surface area contributed by atoms with Crippen LogP contribution in [-0.4, -0.2) is 17.8 Å². The Morgan fingerprint density at radius 1 is 1.47 bits per heavy atom. The Hall–Kier alpha value is -0.640. The van der Waals surface area contributed by atoms with Crippen molar-refractivity contribution in [2.45, 2.75) is 26.1 Å². The van der Waals surface area contributed by atoms with Crippen LogP contribution in [0.5, 0.6) is 0 Å². The molecule has 0 fully saturated rings. The van der Waals surface area contributed by atoms with Gasteiger partial charge in [0.05, 0.1) is 12.7 Å². The van der Waals surface area contributed by atoms with E-state index in [-0.39, 0.29) is 17.7 Å². The molecule has 84 valence electrons. The van der Waals surface area contributed by atoms with Crippen LogP contribution in [0, 0.1) is 5.82 Å². The molecule has 1 aromatic carbocycles. The van der Waals surface area contributed by atoms with Crippen LogP contribution in [0.15, 0.2) is 18.2 Å². The van der Waals surface area contributed by atoms with Crippen molar-refractivity contribution in [3.63, 3.8) is 0 Å². The normalized spacial score (nSPS) is 13.2. The van der Waals surface area contributed by atoms with Crippen LogP contribution >= 0.6 is 11.6 Å². The van der Waals surface area contributed by atoms with Crippen molar-refractivity contribution in [3.8, 4) is 0 Å². The van der Waals surface area contributed by atoms with Crippen molar-refractivity contribution in [3.05, 3.63) is 34.6 Å². The average Bonchev–Trinajstić information content (AvgIpc) is 2.14. The maximum atomic E-state index is 12.7. The minimum atomic E-state index is -0.819. The third kappa shape index (κ3) is 3.78. The van der Waals surface area contributed by atoms with Gasteiger partial charge < -0.3 is 9.84 Å². The fourth-order valence-corrected chi connectivity index (χ4v) is 1.44. The predicted octanol–water partition coefficient (Wildman–Crippen LogP) is 2.94. The molecule has 0 saturated carbocycles. The summed E-state index contributed by atoms with van der Waals surface area (Å²) in [6, 6.07) is 3.90. The summed E-state index contributed by atoms with van der Waals surface area (Å²) in [6.07, 6.45) is -0.778. The molecule has 1 rings (SSSR count). The Morgan fingerprint density at radius 3 is 2.67 bits per heavy atom. The van der Waals surface area contributed by atoms with Gasteiger partial charge in [0.15, 0.2) is 0 Å². The maximum absolute atomic E-state index is 12.7. The molecule has 0 bridgehead atoms. The number of hydrogen-bond donors (Lipinski definition) is 1. The molecule has 0 aliphatic heterocycles. The molecule has 0 heterocycles. The molecule has 0 spiro atoms. The van der Waals surface area contributed by atoms with Gasteiger partial charge in [0.1, 0.15) is 11.9 Å². The SMILES string of the molecule is CC(C)OCC(O)c1ccc(F)cc1Cl. The van der Waals surface area contributed by atoms with Crippen molar-refractivity contribution in [1.29, 1.82) is 0 Å². The lowest BCUT2D eigenvalue weighted by atomic mass is 10.1. The summed E-state index contributed by atoms with van der Waals surface area (Å²) in [5.74, 6) is -0.416. The van der Waals surface area contributed by atoms with Gasteiger partial charge in [-0.1, -0.05) is 17.7 Å². The topological polar surface area (TPSA) is 29.5 Å². The van der Waals surface area contributed by atoms with Gasteiger partial charge in [-0.05, 0) is 26.0 Å². The molecule has 0 aromatic heterocycles. The monoisotopic (exact) mass is 232 g/mol. The summed E-state index contributed by atoms with van der Waals surface area (Å²) in [4.78, 5) is 0. The van der Waals surface area contributed by atoms with Crippen LogP contribution in [0.1, 0.15) is 25.5 Å². The molecule has 1 atom stereocenters. The van der Waals surface area contributed by atoms with Crippen molar-refractivity contribution in [2.24, 2.45) is 0 Å². The van der Waals surface area contributed by atoms with Crippen molar-refractivity contribution in [2.75, 3.05) is 6.61 Å². The second-order valence-corrected chi connectivity index (χ2v) is 3.97. The van der Waals surface area contributed by atoms with E-state index in [9.17, 15) is 9.50 Å². The molecular weight excluding hydrogens is 219 g/mol. The van der Waals surface area contributed by atoms with Gasteiger partial charge in [-0.2, -0.15) is 0 Å². The number of halogens is 2. The standard InChI is InChI=1S/C11H14ClFO2/c1-7(2)15-6-11(14)9-4-3-8(13)5-10(9)12/h3-5,7,11,14H,6H2,1-2H3.